The molecule has 6 aromatic rings. The van der Waals surface area contributed by atoms with E-state index in [0.717, 1.165) is 64.4 Å². The highest BCUT2D eigenvalue weighted by Crippen LogP contribution is 2.37. The Balaban J connectivity index is 1.41. The average Bonchev–Trinajstić information content (AvgIpc) is 3.63. The molecule has 6 rings (SSSR count). The number of aromatic nitrogens is 4. The molecule has 0 unspecified atom stereocenters. The fourth-order valence-electron chi connectivity index (χ4n) is 4.71. The lowest BCUT2D eigenvalue weighted by molar-refractivity contribution is 0.432. The normalized spacial score (nSPS) is 11.1. The second-order valence-electron chi connectivity index (χ2n) is 9.38. The smallest absolute Gasteiger partial charge is 0.258 e. The second kappa shape index (κ2) is 11.1. The van der Waals surface area contributed by atoms with E-state index in [1.54, 1.807) is 0 Å². The quantitative estimate of drug-likeness (QED) is 0.197. The molecule has 0 amide bonds. The zero-order chi connectivity index (χ0) is 26.6. The number of hydrogen-bond acceptors (Lipinski definition) is 4. The molecule has 4 aromatic carbocycles. The van der Waals surface area contributed by atoms with Crippen molar-refractivity contribution in [1.82, 2.24) is 19.7 Å². The predicted octanol–water partition coefficient (Wildman–Crippen LogP) is 9.05. The third-order valence-electron chi connectivity index (χ3n) is 6.72. The molecule has 0 bridgehead atoms. The summed E-state index contributed by atoms with van der Waals surface area (Å²) in [6, 6.07) is 36.5. The Bertz CT molecular complexity index is 1670. The molecule has 0 aliphatic rings. The monoisotopic (exact) mass is 530 g/mol. The highest BCUT2D eigenvalue weighted by atomic mass is 35.5. The molecule has 0 aliphatic carbocycles. The van der Waals surface area contributed by atoms with Crippen LogP contribution < -0.4 is 0 Å². The predicted molar refractivity (Wildman–Crippen MR) is 157 cm³/mol. The standard InChI is InChI=1S/C33H27ClN4O/c1-2-3-22-38-30(24-12-8-5-9-13-24)29(23-10-6-4-7-11-23)35-32(38)26-14-16-27(17-15-26)33-36-31(37-39-33)25-18-20-28(34)21-19-25/h4-21H,2-3,22H2,1H3. The first-order chi connectivity index (χ1) is 19.2. The van der Waals surface area contributed by atoms with Gasteiger partial charge in [0.2, 0.25) is 5.82 Å². The Kier molecular flexibility index (Phi) is 7.07. The van der Waals surface area contributed by atoms with Gasteiger partial charge >= 0.3 is 0 Å². The zero-order valence-electron chi connectivity index (χ0n) is 21.6. The molecule has 5 nitrogen and oxygen atoms in total. The van der Waals surface area contributed by atoms with E-state index >= 15 is 0 Å². The van der Waals surface area contributed by atoms with Crippen molar-refractivity contribution in [3.8, 4) is 56.7 Å². The van der Waals surface area contributed by atoms with E-state index in [0.29, 0.717) is 16.7 Å². The maximum absolute atomic E-state index is 6.01. The van der Waals surface area contributed by atoms with Crippen LogP contribution in [0.4, 0.5) is 0 Å². The van der Waals surface area contributed by atoms with E-state index < -0.39 is 0 Å². The van der Waals surface area contributed by atoms with Crippen LogP contribution in [-0.4, -0.2) is 19.7 Å². The van der Waals surface area contributed by atoms with Gasteiger partial charge in [0.25, 0.3) is 5.89 Å². The fraction of sp³-hybridized carbons (Fsp3) is 0.121. The Morgan fingerprint density at radius 3 is 1.95 bits per heavy atom. The molecule has 0 radical (unpaired) electrons. The third-order valence-corrected chi connectivity index (χ3v) is 6.97. The Morgan fingerprint density at radius 2 is 1.28 bits per heavy atom. The molecule has 0 fully saturated rings. The van der Waals surface area contributed by atoms with E-state index in [9.17, 15) is 0 Å². The molecule has 0 aliphatic heterocycles. The average molecular weight is 531 g/mol. The lowest BCUT2D eigenvalue weighted by Crippen LogP contribution is -2.03. The molecule has 0 saturated heterocycles. The van der Waals surface area contributed by atoms with Gasteiger partial charge in [-0.3, -0.25) is 0 Å². The van der Waals surface area contributed by atoms with Crippen LogP contribution in [0.25, 0.3) is 56.7 Å². The van der Waals surface area contributed by atoms with Gasteiger partial charge in [-0.05, 0) is 42.8 Å². The van der Waals surface area contributed by atoms with Gasteiger partial charge in [0, 0.05) is 39.4 Å². The van der Waals surface area contributed by atoms with E-state index in [4.69, 9.17) is 21.1 Å². The van der Waals surface area contributed by atoms with Crippen LogP contribution in [0.2, 0.25) is 5.02 Å². The van der Waals surface area contributed by atoms with Crippen LogP contribution >= 0.6 is 11.6 Å². The van der Waals surface area contributed by atoms with Crippen molar-refractivity contribution in [3.63, 3.8) is 0 Å². The number of nitrogens with zero attached hydrogens (tertiary/aromatic N) is 4. The molecule has 0 atom stereocenters. The number of hydrogen-bond donors (Lipinski definition) is 0. The summed E-state index contributed by atoms with van der Waals surface area (Å²) >= 11 is 6.01. The summed E-state index contributed by atoms with van der Waals surface area (Å²) < 4.78 is 7.94. The number of benzene rings is 4. The summed E-state index contributed by atoms with van der Waals surface area (Å²) in [7, 11) is 0. The van der Waals surface area contributed by atoms with Gasteiger partial charge < -0.3 is 9.09 Å². The summed E-state index contributed by atoms with van der Waals surface area (Å²) in [4.78, 5) is 9.83. The van der Waals surface area contributed by atoms with Crippen molar-refractivity contribution in [3.05, 3.63) is 114 Å². The molecular weight excluding hydrogens is 504 g/mol. The van der Waals surface area contributed by atoms with Crippen LogP contribution in [0.1, 0.15) is 19.8 Å². The van der Waals surface area contributed by atoms with Crippen molar-refractivity contribution < 1.29 is 4.52 Å². The number of imidazole rings is 1. The second-order valence-corrected chi connectivity index (χ2v) is 9.81. The van der Waals surface area contributed by atoms with Crippen molar-refractivity contribution in [2.45, 2.75) is 26.3 Å². The summed E-state index contributed by atoms with van der Waals surface area (Å²) in [5.41, 5.74) is 7.12. The summed E-state index contributed by atoms with van der Waals surface area (Å²) in [6.45, 7) is 3.10. The van der Waals surface area contributed by atoms with Crippen LogP contribution in [0.5, 0.6) is 0 Å². The molecule has 6 heteroatoms. The van der Waals surface area contributed by atoms with Gasteiger partial charge in [-0.25, -0.2) is 4.98 Å². The first-order valence-electron chi connectivity index (χ1n) is 13.1. The Labute approximate surface area is 232 Å². The zero-order valence-corrected chi connectivity index (χ0v) is 22.3. The van der Waals surface area contributed by atoms with Gasteiger partial charge in [-0.15, -0.1) is 0 Å². The maximum atomic E-state index is 6.01. The molecule has 0 spiro atoms. The first-order valence-corrected chi connectivity index (χ1v) is 13.5. The van der Waals surface area contributed by atoms with Gasteiger partial charge in [0.05, 0.1) is 11.4 Å². The lowest BCUT2D eigenvalue weighted by Gasteiger charge is -2.13. The molecule has 2 aromatic heterocycles. The number of rotatable bonds is 8. The molecule has 0 saturated carbocycles. The van der Waals surface area contributed by atoms with Crippen LogP contribution in [0, 0.1) is 0 Å². The topological polar surface area (TPSA) is 56.7 Å². The van der Waals surface area contributed by atoms with Gasteiger partial charge in [-0.1, -0.05) is 103 Å². The SMILES string of the molecule is CCCCn1c(-c2ccc(-c3nc(-c4ccc(Cl)cc4)no3)cc2)nc(-c2ccccc2)c1-c1ccccc1. The van der Waals surface area contributed by atoms with Crippen molar-refractivity contribution >= 4 is 11.6 Å². The minimum absolute atomic E-state index is 0.468. The van der Waals surface area contributed by atoms with E-state index in [2.05, 4.69) is 82.3 Å². The van der Waals surface area contributed by atoms with E-state index in [-0.39, 0.29) is 0 Å². The summed E-state index contributed by atoms with van der Waals surface area (Å²) in [5, 5.41) is 4.83. The highest BCUT2D eigenvalue weighted by Gasteiger charge is 2.21. The van der Waals surface area contributed by atoms with Crippen molar-refractivity contribution in [1.29, 1.82) is 0 Å². The van der Waals surface area contributed by atoms with Crippen molar-refractivity contribution in [2.24, 2.45) is 0 Å². The van der Waals surface area contributed by atoms with Crippen LogP contribution in [0.3, 0.4) is 0 Å². The van der Waals surface area contributed by atoms with Crippen LogP contribution in [-0.2, 0) is 6.54 Å². The summed E-state index contributed by atoms with van der Waals surface area (Å²) in [6.07, 6.45) is 2.16. The van der Waals surface area contributed by atoms with Gasteiger partial charge in [-0.2, -0.15) is 4.98 Å². The first kappa shape index (κ1) is 24.8. The summed E-state index contributed by atoms with van der Waals surface area (Å²) in [5.74, 6) is 1.94. The van der Waals surface area contributed by atoms with Gasteiger partial charge in [0.1, 0.15) is 5.82 Å². The Hall–Kier alpha value is -4.48. The lowest BCUT2D eigenvalue weighted by atomic mass is 10.0. The highest BCUT2D eigenvalue weighted by molar-refractivity contribution is 6.30. The fourth-order valence-corrected chi connectivity index (χ4v) is 4.84. The minimum atomic E-state index is 0.468. The number of halogens is 1. The van der Waals surface area contributed by atoms with E-state index in [1.165, 1.54) is 0 Å². The molecule has 0 N–H and O–H groups in total. The van der Waals surface area contributed by atoms with Gasteiger partial charge in [0.15, 0.2) is 0 Å². The Morgan fingerprint density at radius 1 is 0.667 bits per heavy atom. The minimum Gasteiger partial charge on any atom is -0.334 e. The van der Waals surface area contributed by atoms with E-state index in [1.807, 2.05) is 48.5 Å². The molecule has 39 heavy (non-hydrogen) atoms. The molecular formula is C33H27ClN4O. The van der Waals surface area contributed by atoms with Crippen molar-refractivity contribution in [2.75, 3.05) is 0 Å². The van der Waals surface area contributed by atoms with Crippen LogP contribution in [0.15, 0.2) is 114 Å². The largest absolute Gasteiger partial charge is 0.334 e. The number of unbranched alkanes of at least 4 members (excludes halogenated alkanes) is 1. The molecule has 192 valence electrons. The molecule has 2 heterocycles. The third kappa shape index (κ3) is 5.14. The maximum Gasteiger partial charge on any atom is 0.258 e.